The fraction of sp³-hybridized carbons (Fsp3) is 0.900. The molecule has 0 aromatic rings. The van der Waals surface area contributed by atoms with Gasteiger partial charge in [-0.05, 0) is 25.7 Å². The van der Waals surface area contributed by atoms with Gasteiger partial charge >= 0.3 is 6.03 Å². The molecule has 0 aromatic carbocycles. The van der Waals surface area contributed by atoms with E-state index >= 15 is 0 Å². The van der Waals surface area contributed by atoms with Crippen LogP contribution in [0.4, 0.5) is 4.79 Å². The third-order valence-electron chi connectivity index (χ3n) is 2.88. The molecular weight excluding hydrogens is 178 g/mol. The molecule has 1 fully saturated rings. The van der Waals surface area contributed by atoms with Crippen LogP contribution >= 0.6 is 0 Å². The first-order valence-corrected chi connectivity index (χ1v) is 5.52. The van der Waals surface area contributed by atoms with Crippen LogP contribution in [-0.4, -0.2) is 25.2 Å². The second-order valence-corrected chi connectivity index (χ2v) is 3.89. The van der Waals surface area contributed by atoms with Crippen molar-refractivity contribution in [2.45, 2.75) is 38.6 Å². The second kappa shape index (κ2) is 5.86. The molecule has 0 saturated heterocycles. The smallest absolute Gasteiger partial charge is 0.315 e. The molecular formula is C10H21N3O. The number of nitrogens with two attached hydrogens (primary N) is 1. The van der Waals surface area contributed by atoms with Gasteiger partial charge in [-0.1, -0.05) is 12.8 Å². The van der Waals surface area contributed by atoms with Crippen LogP contribution in [0, 0.1) is 5.92 Å². The monoisotopic (exact) mass is 199 g/mol. The van der Waals surface area contributed by atoms with E-state index in [1.54, 1.807) is 0 Å². The van der Waals surface area contributed by atoms with E-state index in [1.165, 1.54) is 25.7 Å². The van der Waals surface area contributed by atoms with E-state index < -0.39 is 0 Å². The Kier molecular flexibility index (Phi) is 4.73. The summed E-state index contributed by atoms with van der Waals surface area (Å²) in [5.74, 6) is 0.586. The molecule has 4 N–H and O–H groups in total. The second-order valence-electron chi connectivity index (χ2n) is 3.89. The van der Waals surface area contributed by atoms with E-state index in [-0.39, 0.29) is 12.1 Å². The summed E-state index contributed by atoms with van der Waals surface area (Å²) in [5, 5.41) is 5.66. The van der Waals surface area contributed by atoms with E-state index in [0.717, 1.165) is 0 Å². The molecule has 0 radical (unpaired) electrons. The summed E-state index contributed by atoms with van der Waals surface area (Å²) in [4.78, 5) is 11.3. The maximum absolute atomic E-state index is 11.3. The van der Waals surface area contributed by atoms with Crippen molar-refractivity contribution in [1.82, 2.24) is 10.6 Å². The summed E-state index contributed by atoms with van der Waals surface area (Å²) in [7, 11) is 0. The van der Waals surface area contributed by atoms with E-state index in [0.29, 0.717) is 19.0 Å². The number of amides is 2. The highest BCUT2D eigenvalue weighted by Gasteiger charge is 2.24. The lowest BCUT2D eigenvalue weighted by Crippen LogP contribution is -2.48. The van der Waals surface area contributed by atoms with Crippen LogP contribution in [0.25, 0.3) is 0 Å². The predicted molar refractivity (Wildman–Crippen MR) is 57.0 cm³/mol. The topological polar surface area (TPSA) is 67.2 Å². The van der Waals surface area contributed by atoms with Crippen molar-refractivity contribution in [3.8, 4) is 0 Å². The number of hydrogen-bond acceptors (Lipinski definition) is 2. The van der Waals surface area contributed by atoms with Crippen LogP contribution < -0.4 is 16.4 Å². The maximum atomic E-state index is 11.3. The van der Waals surface area contributed by atoms with Crippen LogP contribution in [0.5, 0.6) is 0 Å². The van der Waals surface area contributed by atoms with Crippen LogP contribution in [0.15, 0.2) is 0 Å². The van der Waals surface area contributed by atoms with Gasteiger partial charge in [0.15, 0.2) is 0 Å². The first-order chi connectivity index (χ1) is 6.77. The molecule has 82 valence electrons. The zero-order chi connectivity index (χ0) is 10.4. The average molecular weight is 199 g/mol. The summed E-state index contributed by atoms with van der Waals surface area (Å²) >= 11 is 0. The largest absolute Gasteiger partial charge is 0.338 e. The fourth-order valence-corrected chi connectivity index (χ4v) is 2.11. The minimum atomic E-state index is -0.0881. The van der Waals surface area contributed by atoms with Crippen LogP contribution in [0.3, 0.4) is 0 Å². The fourth-order valence-electron chi connectivity index (χ4n) is 2.11. The SMILES string of the molecule is CCNC(=O)NC(CN)C1CCCC1. The Balaban J connectivity index is 2.33. The molecule has 1 aliphatic carbocycles. The quantitative estimate of drug-likeness (QED) is 0.627. The van der Waals surface area contributed by atoms with E-state index in [9.17, 15) is 4.79 Å². The number of nitrogens with one attached hydrogen (secondary N) is 2. The third kappa shape index (κ3) is 3.18. The summed E-state index contributed by atoms with van der Waals surface area (Å²) in [6.07, 6.45) is 4.96. The molecule has 1 aliphatic rings. The van der Waals surface area contributed by atoms with Crippen molar-refractivity contribution in [3.63, 3.8) is 0 Å². The molecule has 2 amide bonds. The molecule has 1 rings (SSSR count). The number of hydrogen-bond donors (Lipinski definition) is 3. The average Bonchev–Trinajstić information content (AvgIpc) is 2.67. The molecule has 1 unspecified atom stereocenters. The number of carbonyl (C=O) groups excluding carboxylic acids is 1. The summed E-state index contributed by atoms with van der Waals surface area (Å²) in [6.45, 7) is 3.11. The minimum Gasteiger partial charge on any atom is -0.338 e. The Morgan fingerprint density at radius 2 is 2.14 bits per heavy atom. The van der Waals surface area contributed by atoms with E-state index in [4.69, 9.17) is 5.73 Å². The Morgan fingerprint density at radius 3 is 2.64 bits per heavy atom. The first-order valence-electron chi connectivity index (χ1n) is 5.52. The Morgan fingerprint density at radius 1 is 1.50 bits per heavy atom. The highest BCUT2D eigenvalue weighted by Crippen LogP contribution is 2.27. The predicted octanol–water partition coefficient (Wildman–Crippen LogP) is 0.823. The standard InChI is InChI=1S/C10H21N3O/c1-2-12-10(14)13-9(7-11)8-5-3-4-6-8/h8-9H,2-7,11H2,1H3,(H2,12,13,14). The lowest BCUT2D eigenvalue weighted by atomic mass is 9.98. The third-order valence-corrected chi connectivity index (χ3v) is 2.88. The Hall–Kier alpha value is -0.770. The summed E-state index contributed by atoms with van der Waals surface area (Å²) < 4.78 is 0. The molecule has 4 heteroatoms. The van der Waals surface area contributed by atoms with Crippen LogP contribution in [0.1, 0.15) is 32.6 Å². The van der Waals surface area contributed by atoms with Crippen molar-refractivity contribution in [2.75, 3.05) is 13.1 Å². The molecule has 1 atom stereocenters. The Bertz CT molecular complexity index is 178. The van der Waals surface area contributed by atoms with Crippen molar-refractivity contribution in [1.29, 1.82) is 0 Å². The molecule has 0 aliphatic heterocycles. The van der Waals surface area contributed by atoms with E-state index in [2.05, 4.69) is 10.6 Å². The number of urea groups is 1. The number of rotatable bonds is 4. The van der Waals surface area contributed by atoms with Crippen LogP contribution in [-0.2, 0) is 0 Å². The maximum Gasteiger partial charge on any atom is 0.315 e. The van der Waals surface area contributed by atoms with Gasteiger partial charge in [0.2, 0.25) is 0 Å². The van der Waals surface area contributed by atoms with Gasteiger partial charge in [0, 0.05) is 19.1 Å². The van der Waals surface area contributed by atoms with Gasteiger partial charge in [0.25, 0.3) is 0 Å². The molecule has 0 aromatic heterocycles. The molecule has 1 saturated carbocycles. The highest BCUT2D eigenvalue weighted by atomic mass is 16.2. The zero-order valence-corrected chi connectivity index (χ0v) is 8.88. The lowest BCUT2D eigenvalue weighted by Gasteiger charge is -2.23. The van der Waals surface area contributed by atoms with Gasteiger partial charge in [-0.15, -0.1) is 0 Å². The molecule has 0 spiro atoms. The van der Waals surface area contributed by atoms with Gasteiger partial charge in [-0.25, -0.2) is 4.79 Å². The highest BCUT2D eigenvalue weighted by molar-refractivity contribution is 5.74. The van der Waals surface area contributed by atoms with Gasteiger partial charge in [-0.2, -0.15) is 0 Å². The lowest BCUT2D eigenvalue weighted by molar-refractivity contribution is 0.232. The van der Waals surface area contributed by atoms with Gasteiger partial charge < -0.3 is 16.4 Å². The summed E-state index contributed by atoms with van der Waals surface area (Å²) in [5.41, 5.74) is 5.65. The first kappa shape index (κ1) is 11.3. The number of carbonyl (C=O) groups is 1. The molecule has 0 bridgehead atoms. The zero-order valence-electron chi connectivity index (χ0n) is 8.88. The van der Waals surface area contributed by atoms with Gasteiger partial charge in [-0.3, -0.25) is 0 Å². The van der Waals surface area contributed by atoms with E-state index in [1.807, 2.05) is 6.92 Å². The molecule has 14 heavy (non-hydrogen) atoms. The molecule has 0 heterocycles. The normalized spacial score (nSPS) is 19.3. The Labute approximate surface area is 85.6 Å². The van der Waals surface area contributed by atoms with Crippen molar-refractivity contribution < 1.29 is 4.79 Å². The molecule has 4 nitrogen and oxygen atoms in total. The van der Waals surface area contributed by atoms with Gasteiger partial charge in [0.05, 0.1) is 0 Å². The van der Waals surface area contributed by atoms with Crippen LogP contribution in [0.2, 0.25) is 0 Å². The summed E-state index contributed by atoms with van der Waals surface area (Å²) in [6, 6.07) is 0.0684. The van der Waals surface area contributed by atoms with Crippen molar-refractivity contribution >= 4 is 6.03 Å². The minimum absolute atomic E-state index is 0.0881. The van der Waals surface area contributed by atoms with Crippen molar-refractivity contribution in [3.05, 3.63) is 0 Å². The van der Waals surface area contributed by atoms with Gasteiger partial charge in [0.1, 0.15) is 0 Å². The van der Waals surface area contributed by atoms with Crippen molar-refractivity contribution in [2.24, 2.45) is 11.7 Å².